The fourth-order valence-electron chi connectivity index (χ4n) is 3.84. The van der Waals surface area contributed by atoms with Gasteiger partial charge in [0, 0.05) is 18.7 Å². The molecular formula is C21H22N2O4. The van der Waals surface area contributed by atoms with E-state index in [9.17, 15) is 9.59 Å². The fraction of sp³-hybridized carbons (Fsp3) is 0.333. The number of carbonyl (C=O) groups is 2. The van der Waals surface area contributed by atoms with Crippen molar-refractivity contribution in [1.82, 2.24) is 10.2 Å². The Morgan fingerprint density at radius 1 is 1.15 bits per heavy atom. The Balaban J connectivity index is 1.55. The van der Waals surface area contributed by atoms with E-state index in [4.69, 9.17) is 9.47 Å². The van der Waals surface area contributed by atoms with E-state index in [0.717, 1.165) is 16.9 Å². The van der Waals surface area contributed by atoms with Crippen LogP contribution in [0.4, 0.5) is 4.79 Å². The Morgan fingerprint density at radius 3 is 2.67 bits per heavy atom. The van der Waals surface area contributed by atoms with Gasteiger partial charge in [0.15, 0.2) is 0 Å². The quantitative estimate of drug-likeness (QED) is 0.845. The largest absolute Gasteiger partial charge is 0.487 e. The van der Waals surface area contributed by atoms with Gasteiger partial charge in [0.1, 0.15) is 23.8 Å². The highest BCUT2D eigenvalue weighted by molar-refractivity contribution is 5.80. The van der Waals surface area contributed by atoms with E-state index in [1.807, 2.05) is 54.6 Å². The molecule has 2 heterocycles. The molecule has 140 valence electrons. The third-order valence-electron chi connectivity index (χ3n) is 5.07. The molecule has 2 aliphatic rings. The molecule has 0 aliphatic carbocycles. The zero-order valence-corrected chi connectivity index (χ0v) is 15.1. The second kappa shape index (κ2) is 7.31. The van der Waals surface area contributed by atoms with Crippen molar-refractivity contribution in [3.63, 3.8) is 0 Å². The van der Waals surface area contributed by atoms with Crippen molar-refractivity contribution in [2.45, 2.75) is 25.6 Å². The Kier molecular flexibility index (Phi) is 4.71. The summed E-state index contributed by atoms with van der Waals surface area (Å²) in [6.45, 7) is 2.79. The Hall–Kier alpha value is -3.02. The van der Waals surface area contributed by atoms with Gasteiger partial charge in [-0.1, -0.05) is 48.5 Å². The third kappa shape index (κ3) is 3.23. The van der Waals surface area contributed by atoms with Crippen molar-refractivity contribution in [3.8, 4) is 5.75 Å². The predicted octanol–water partition coefficient (Wildman–Crippen LogP) is 2.89. The molecule has 6 nitrogen and oxygen atoms in total. The Morgan fingerprint density at radius 2 is 1.89 bits per heavy atom. The van der Waals surface area contributed by atoms with Gasteiger partial charge in [-0.3, -0.25) is 4.79 Å². The monoisotopic (exact) mass is 366 g/mol. The Labute approximate surface area is 158 Å². The van der Waals surface area contributed by atoms with Crippen molar-refractivity contribution in [2.75, 3.05) is 13.2 Å². The van der Waals surface area contributed by atoms with Crippen LogP contribution in [0, 0.1) is 5.92 Å². The molecule has 1 N–H and O–H groups in total. The van der Waals surface area contributed by atoms with Crippen molar-refractivity contribution in [1.29, 1.82) is 0 Å². The van der Waals surface area contributed by atoms with Crippen LogP contribution in [0.15, 0.2) is 54.6 Å². The summed E-state index contributed by atoms with van der Waals surface area (Å²) in [6, 6.07) is 16.9. The normalized spacial score (nSPS) is 22.6. The number of fused-ring (bicyclic) bond motifs is 3. The molecule has 2 aromatic carbocycles. The van der Waals surface area contributed by atoms with Gasteiger partial charge in [-0.25, -0.2) is 4.79 Å². The predicted molar refractivity (Wildman–Crippen MR) is 99.1 cm³/mol. The van der Waals surface area contributed by atoms with E-state index in [0.29, 0.717) is 13.2 Å². The number of hydrogen-bond donors (Lipinski definition) is 1. The first-order valence-corrected chi connectivity index (χ1v) is 9.19. The van der Waals surface area contributed by atoms with Crippen LogP contribution in [0.1, 0.15) is 24.1 Å². The molecule has 4 rings (SSSR count). The van der Waals surface area contributed by atoms with E-state index in [-0.39, 0.29) is 24.6 Å². The van der Waals surface area contributed by atoms with E-state index in [1.165, 1.54) is 0 Å². The van der Waals surface area contributed by atoms with Crippen LogP contribution >= 0.6 is 0 Å². The maximum Gasteiger partial charge on any atom is 0.318 e. The van der Waals surface area contributed by atoms with E-state index < -0.39 is 12.0 Å². The first-order valence-electron chi connectivity index (χ1n) is 9.19. The number of amides is 2. The maximum atomic E-state index is 12.9. The summed E-state index contributed by atoms with van der Waals surface area (Å²) in [5.74, 6) is -0.0918. The summed E-state index contributed by atoms with van der Waals surface area (Å²) in [5.41, 5.74) is 1.95. The van der Waals surface area contributed by atoms with Gasteiger partial charge in [0.2, 0.25) is 0 Å². The summed E-state index contributed by atoms with van der Waals surface area (Å²) in [4.78, 5) is 27.0. The smallest absolute Gasteiger partial charge is 0.318 e. The first-order chi connectivity index (χ1) is 13.2. The van der Waals surface area contributed by atoms with Gasteiger partial charge >= 0.3 is 12.0 Å². The van der Waals surface area contributed by atoms with Crippen LogP contribution in [0.3, 0.4) is 0 Å². The van der Waals surface area contributed by atoms with Crippen molar-refractivity contribution < 1.29 is 19.1 Å². The number of benzene rings is 2. The fourth-order valence-corrected chi connectivity index (χ4v) is 3.84. The van der Waals surface area contributed by atoms with Crippen LogP contribution in [0.5, 0.6) is 5.75 Å². The first kappa shape index (κ1) is 17.4. The number of esters is 1. The lowest BCUT2D eigenvalue weighted by molar-refractivity contribution is -0.149. The average Bonchev–Trinajstić information content (AvgIpc) is 3.24. The molecule has 3 atom stereocenters. The lowest BCUT2D eigenvalue weighted by Gasteiger charge is -2.23. The third-order valence-corrected chi connectivity index (χ3v) is 5.07. The molecule has 6 heteroatoms. The van der Waals surface area contributed by atoms with Gasteiger partial charge in [0.25, 0.3) is 0 Å². The van der Waals surface area contributed by atoms with Crippen molar-refractivity contribution in [2.24, 2.45) is 5.92 Å². The second-order valence-electron chi connectivity index (χ2n) is 6.72. The summed E-state index contributed by atoms with van der Waals surface area (Å²) in [5, 5.41) is 2.96. The molecule has 2 aromatic rings. The van der Waals surface area contributed by atoms with Crippen LogP contribution in [-0.4, -0.2) is 36.2 Å². The molecule has 27 heavy (non-hydrogen) atoms. The van der Waals surface area contributed by atoms with E-state index in [2.05, 4.69) is 5.32 Å². The minimum Gasteiger partial charge on any atom is -0.487 e. The highest BCUT2D eigenvalue weighted by Gasteiger charge is 2.54. The van der Waals surface area contributed by atoms with Crippen LogP contribution in [0.25, 0.3) is 0 Å². The van der Waals surface area contributed by atoms with Gasteiger partial charge in [-0.15, -0.1) is 0 Å². The number of carbonyl (C=O) groups excluding carboxylic acids is 2. The molecular weight excluding hydrogens is 344 g/mol. The van der Waals surface area contributed by atoms with Crippen LogP contribution in [0.2, 0.25) is 0 Å². The number of para-hydroxylation sites is 1. The minimum atomic E-state index is -0.496. The van der Waals surface area contributed by atoms with Crippen molar-refractivity contribution >= 4 is 12.0 Å². The standard InChI is InChI=1S/C21H22N2O4/c1-2-26-20(24)16-13-23(21(25)22-12-14-8-4-3-5-9-14)18-15-10-6-7-11-17(15)27-19(16)18/h3-11,16,18-19H,2,12-13H2,1H3,(H,22,25)/t16-,18+,19+/m1/s1. The number of nitrogens with one attached hydrogen (secondary N) is 1. The number of ether oxygens (including phenoxy) is 2. The van der Waals surface area contributed by atoms with Crippen LogP contribution < -0.4 is 10.1 Å². The van der Waals surface area contributed by atoms with Gasteiger partial charge in [-0.2, -0.15) is 0 Å². The molecule has 2 amide bonds. The molecule has 0 aromatic heterocycles. The summed E-state index contributed by atoms with van der Waals surface area (Å²) in [7, 11) is 0. The summed E-state index contributed by atoms with van der Waals surface area (Å²) >= 11 is 0. The summed E-state index contributed by atoms with van der Waals surface area (Å²) in [6.07, 6.45) is -0.413. The lowest BCUT2D eigenvalue weighted by Crippen LogP contribution is -2.40. The highest BCUT2D eigenvalue weighted by atomic mass is 16.5. The molecule has 0 saturated carbocycles. The average molecular weight is 366 g/mol. The molecule has 2 aliphatic heterocycles. The summed E-state index contributed by atoms with van der Waals surface area (Å²) < 4.78 is 11.2. The maximum absolute atomic E-state index is 12.9. The number of hydrogen-bond acceptors (Lipinski definition) is 4. The van der Waals surface area contributed by atoms with E-state index >= 15 is 0 Å². The molecule has 0 radical (unpaired) electrons. The highest BCUT2D eigenvalue weighted by Crippen LogP contribution is 2.47. The molecule has 1 fully saturated rings. The van der Waals surface area contributed by atoms with Gasteiger partial charge in [-0.05, 0) is 18.6 Å². The Bertz CT molecular complexity index is 839. The van der Waals surface area contributed by atoms with E-state index in [1.54, 1.807) is 11.8 Å². The lowest BCUT2D eigenvalue weighted by atomic mass is 9.99. The molecule has 0 spiro atoms. The number of nitrogens with zero attached hydrogens (tertiary/aromatic N) is 1. The second-order valence-corrected chi connectivity index (χ2v) is 6.72. The van der Waals surface area contributed by atoms with Crippen molar-refractivity contribution in [3.05, 3.63) is 65.7 Å². The number of rotatable bonds is 4. The number of urea groups is 1. The van der Waals surface area contributed by atoms with Crippen LogP contribution in [-0.2, 0) is 16.1 Å². The number of likely N-dealkylation sites (tertiary alicyclic amines) is 1. The van der Waals surface area contributed by atoms with Gasteiger partial charge < -0.3 is 19.7 Å². The van der Waals surface area contributed by atoms with Gasteiger partial charge in [0.05, 0.1) is 6.61 Å². The topological polar surface area (TPSA) is 67.9 Å². The zero-order valence-electron chi connectivity index (χ0n) is 15.1. The molecule has 1 saturated heterocycles. The zero-order chi connectivity index (χ0) is 18.8. The molecule has 0 bridgehead atoms. The molecule has 0 unspecified atom stereocenters. The minimum absolute atomic E-state index is 0.207. The SMILES string of the molecule is CCOC(=O)[C@@H]1CN(C(=O)NCc2ccccc2)[C@H]2c3ccccc3O[C@@H]12.